The van der Waals surface area contributed by atoms with Crippen molar-refractivity contribution in [2.45, 2.75) is 26.1 Å². The molecule has 0 aromatic carbocycles. The van der Waals surface area contributed by atoms with Crippen LogP contribution in [0.15, 0.2) is 6.07 Å². The smallest absolute Gasteiger partial charge is 0.223 e. The predicted molar refractivity (Wildman–Crippen MR) is 55.3 cm³/mol. The monoisotopic (exact) mass is 199 g/mol. The molecule has 1 aromatic rings. The molecule has 1 heterocycles. The molecule has 0 radical (unpaired) electrons. The number of aryl methyl sites for hydroxylation is 2. The first-order chi connectivity index (χ1) is 6.08. The fourth-order valence-corrected chi connectivity index (χ4v) is 1.11. The highest BCUT2D eigenvalue weighted by atomic mass is 35.5. The van der Waals surface area contributed by atoms with Crippen LogP contribution in [0.4, 0.5) is 5.95 Å². The van der Waals surface area contributed by atoms with Crippen LogP contribution in [-0.2, 0) is 0 Å². The predicted octanol–water partition coefficient (Wildman–Crippen LogP) is 2.13. The Kier molecular flexibility index (Phi) is 3.48. The molecule has 0 spiro atoms. The first kappa shape index (κ1) is 10.3. The Morgan fingerprint density at radius 1 is 1.38 bits per heavy atom. The van der Waals surface area contributed by atoms with E-state index < -0.39 is 0 Å². The lowest BCUT2D eigenvalue weighted by atomic mass is 10.3. The maximum atomic E-state index is 5.79. The number of hydrogen-bond acceptors (Lipinski definition) is 3. The standard InChI is InChI=1S/C9H14ClN3/c1-6(10)5-11-9-12-7(2)4-8(3)13-9/h4,6H,5H2,1-3H3,(H,11,12,13). The second-order valence-corrected chi connectivity index (χ2v) is 3.88. The van der Waals surface area contributed by atoms with Crippen LogP contribution in [0.3, 0.4) is 0 Å². The molecule has 0 bridgehead atoms. The second-order valence-electron chi connectivity index (χ2n) is 3.14. The zero-order valence-corrected chi connectivity index (χ0v) is 8.89. The van der Waals surface area contributed by atoms with Crippen LogP contribution in [0.5, 0.6) is 0 Å². The summed E-state index contributed by atoms with van der Waals surface area (Å²) in [6, 6.07) is 1.94. The van der Waals surface area contributed by atoms with Crippen LogP contribution in [-0.4, -0.2) is 21.9 Å². The second kappa shape index (κ2) is 4.42. The van der Waals surface area contributed by atoms with Crippen LogP contribution in [0.1, 0.15) is 18.3 Å². The van der Waals surface area contributed by atoms with Crippen molar-refractivity contribution < 1.29 is 0 Å². The van der Waals surface area contributed by atoms with Crippen molar-refractivity contribution in [3.63, 3.8) is 0 Å². The lowest BCUT2D eigenvalue weighted by Gasteiger charge is -2.07. The molecule has 72 valence electrons. The van der Waals surface area contributed by atoms with Gasteiger partial charge in [-0.1, -0.05) is 0 Å². The molecule has 13 heavy (non-hydrogen) atoms. The van der Waals surface area contributed by atoms with E-state index in [4.69, 9.17) is 11.6 Å². The minimum Gasteiger partial charge on any atom is -0.353 e. The third kappa shape index (κ3) is 3.59. The Bertz CT molecular complexity index is 266. The van der Waals surface area contributed by atoms with Crippen molar-refractivity contribution in [1.82, 2.24) is 9.97 Å². The van der Waals surface area contributed by atoms with Crippen molar-refractivity contribution in [3.8, 4) is 0 Å². The van der Waals surface area contributed by atoms with Gasteiger partial charge in [-0.05, 0) is 26.8 Å². The normalized spacial score (nSPS) is 12.6. The quantitative estimate of drug-likeness (QED) is 0.758. The molecule has 1 aromatic heterocycles. The van der Waals surface area contributed by atoms with Gasteiger partial charge < -0.3 is 5.32 Å². The summed E-state index contributed by atoms with van der Waals surface area (Å²) in [6.45, 7) is 6.51. The van der Waals surface area contributed by atoms with Gasteiger partial charge in [0, 0.05) is 23.3 Å². The van der Waals surface area contributed by atoms with Gasteiger partial charge in [0.05, 0.1) is 0 Å². The number of nitrogens with zero attached hydrogens (tertiary/aromatic N) is 2. The number of rotatable bonds is 3. The van der Waals surface area contributed by atoms with Crippen LogP contribution in [0.2, 0.25) is 0 Å². The van der Waals surface area contributed by atoms with Gasteiger partial charge in [-0.3, -0.25) is 0 Å². The van der Waals surface area contributed by atoms with E-state index in [0.717, 1.165) is 11.4 Å². The Morgan fingerprint density at radius 3 is 2.38 bits per heavy atom. The van der Waals surface area contributed by atoms with E-state index in [2.05, 4.69) is 15.3 Å². The highest BCUT2D eigenvalue weighted by Crippen LogP contribution is 2.04. The summed E-state index contributed by atoms with van der Waals surface area (Å²) in [5, 5.41) is 3.16. The van der Waals surface area contributed by atoms with Crippen molar-refractivity contribution in [1.29, 1.82) is 0 Å². The average molecular weight is 200 g/mol. The largest absolute Gasteiger partial charge is 0.353 e. The van der Waals surface area contributed by atoms with Crippen molar-refractivity contribution in [3.05, 3.63) is 17.5 Å². The van der Waals surface area contributed by atoms with Crippen molar-refractivity contribution in [2.24, 2.45) is 0 Å². The minimum absolute atomic E-state index is 0.0874. The molecule has 1 unspecified atom stereocenters. The molecule has 0 aliphatic carbocycles. The third-order valence-electron chi connectivity index (χ3n) is 1.52. The summed E-state index contributed by atoms with van der Waals surface area (Å²) >= 11 is 5.79. The van der Waals surface area contributed by atoms with Gasteiger partial charge in [0.25, 0.3) is 0 Å². The number of hydrogen-bond donors (Lipinski definition) is 1. The van der Waals surface area contributed by atoms with E-state index in [9.17, 15) is 0 Å². The van der Waals surface area contributed by atoms with E-state index in [1.54, 1.807) is 0 Å². The van der Waals surface area contributed by atoms with E-state index in [0.29, 0.717) is 12.5 Å². The number of aromatic nitrogens is 2. The lowest BCUT2D eigenvalue weighted by molar-refractivity contribution is 0.944. The van der Waals surface area contributed by atoms with E-state index in [1.165, 1.54) is 0 Å². The van der Waals surface area contributed by atoms with E-state index >= 15 is 0 Å². The number of halogens is 1. The van der Waals surface area contributed by atoms with Crippen molar-refractivity contribution in [2.75, 3.05) is 11.9 Å². The molecule has 0 fully saturated rings. The number of alkyl halides is 1. The van der Waals surface area contributed by atoms with Crippen LogP contribution >= 0.6 is 11.6 Å². The molecule has 1 N–H and O–H groups in total. The van der Waals surface area contributed by atoms with Crippen LogP contribution in [0, 0.1) is 13.8 Å². The fourth-order valence-electron chi connectivity index (χ4n) is 1.04. The summed E-state index contributed by atoms with van der Waals surface area (Å²) in [6.07, 6.45) is 0. The van der Waals surface area contributed by atoms with Gasteiger partial charge in [-0.25, -0.2) is 9.97 Å². The SMILES string of the molecule is Cc1cc(C)nc(NCC(C)Cl)n1. The molecular weight excluding hydrogens is 186 g/mol. The Hall–Kier alpha value is -0.830. The minimum atomic E-state index is 0.0874. The van der Waals surface area contributed by atoms with Gasteiger partial charge in [0.2, 0.25) is 5.95 Å². The number of anilines is 1. The topological polar surface area (TPSA) is 37.8 Å². The fraction of sp³-hybridized carbons (Fsp3) is 0.556. The summed E-state index contributed by atoms with van der Waals surface area (Å²) in [5.74, 6) is 0.657. The molecule has 0 saturated carbocycles. The first-order valence-corrected chi connectivity index (χ1v) is 4.72. The Morgan fingerprint density at radius 2 is 1.92 bits per heavy atom. The summed E-state index contributed by atoms with van der Waals surface area (Å²) in [7, 11) is 0. The van der Waals surface area contributed by atoms with Gasteiger partial charge in [-0.2, -0.15) is 0 Å². The molecular formula is C9H14ClN3. The molecule has 0 saturated heterocycles. The van der Waals surface area contributed by atoms with Gasteiger partial charge in [0.15, 0.2) is 0 Å². The van der Waals surface area contributed by atoms with E-state index in [-0.39, 0.29) is 5.38 Å². The zero-order chi connectivity index (χ0) is 9.84. The third-order valence-corrected chi connectivity index (χ3v) is 1.68. The summed E-state index contributed by atoms with van der Waals surface area (Å²) < 4.78 is 0. The maximum Gasteiger partial charge on any atom is 0.223 e. The summed E-state index contributed by atoms with van der Waals surface area (Å²) in [4.78, 5) is 8.45. The van der Waals surface area contributed by atoms with Gasteiger partial charge in [-0.15, -0.1) is 11.6 Å². The Labute approximate surface area is 83.5 Å². The summed E-state index contributed by atoms with van der Waals surface area (Å²) in [5.41, 5.74) is 1.94. The average Bonchev–Trinajstić information content (AvgIpc) is 1.99. The molecule has 3 nitrogen and oxygen atoms in total. The van der Waals surface area contributed by atoms with Crippen LogP contribution in [0.25, 0.3) is 0 Å². The van der Waals surface area contributed by atoms with Gasteiger partial charge in [0.1, 0.15) is 0 Å². The van der Waals surface area contributed by atoms with E-state index in [1.807, 2.05) is 26.8 Å². The molecule has 4 heteroatoms. The first-order valence-electron chi connectivity index (χ1n) is 4.28. The highest BCUT2D eigenvalue weighted by molar-refractivity contribution is 6.20. The molecule has 1 atom stereocenters. The Balaban J connectivity index is 2.66. The number of nitrogens with one attached hydrogen (secondary N) is 1. The molecule has 0 aliphatic heterocycles. The highest BCUT2D eigenvalue weighted by Gasteiger charge is 2.00. The molecule has 0 amide bonds. The maximum absolute atomic E-state index is 5.79. The molecule has 1 rings (SSSR count). The zero-order valence-electron chi connectivity index (χ0n) is 8.13. The molecule has 0 aliphatic rings. The van der Waals surface area contributed by atoms with Crippen LogP contribution < -0.4 is 5.32 Å². The van der Waals surface area contributed by atoms with Crippen molar-refractivity contribution >= 4 is 17.5 Å². The van der Waals surface area contributed by atoms with Gasteiger partial charge >= 0.3 is 0 Å². The lowest BCUT2D eigenvalue weighted by Crippen LogP contribution is -2.13.